The van der Waals surface area contributed by atoms with Crippen LogP contribution in [0.5, 0.6) is 0 Å². The van der Waals surface area contributed by atoms with Gasteiger partial charge in [-0.05, 0) is 25.7 Å². The summed E-state index contributed by atoms with van der Waals surface area (Å²) in [5.41, 5.74) is -1.37. The molecule has 2 fully saturated rings. The SMILES string of the molecule is CC1(C(=O)NC2(C(=O)O)CCCCC2)CCCCC1. The fraction of sp³-hybridized carbons (Fsp3) is 0.867. The molecule has 1 amide bonds. The Morgan fingerprint density at radius 3 is 1.84 bits per heavy atom. The minimum atomic E-state index is -1.00. The van der Waals surface area contributed by atoms with Crippen molar-refractivity contribution in [1.29, 1.82) is 0 Å². The normalized spacial score (nSPS) is 25.5. The lowest BCUT2D eigenvalue weighted by Crippen LogP contribution is -2.58. The second kappa shape index (κ2) is 5.51. The van der Waals surface area contributed by atoms with E-state index in [0.717, 1.165) is 44.9 Å². The third kappa shape index (κ3) is 2.93. The van der Waals surface area contributed by atoms with Crippen molar-refractivity contribution in [2.24, 2.45) is 5.41 Å². The number of carbonyl (C=O) groups is 2. The highest BCUT2D eigenvalue weighted by atomic mass is 16.4. The van der Waals surface area contributed by atoms with Gasteiger partial charge in [0.2, 0.25) is 5.91 Å². The zero-order chi connectivity index (χ0) is 13.9. The molecule has 0 saturated heterocycles. The van der Waals surface area contributed by atoms with Gasteiger partial charge in [0.25, 0.3) is 0 Å². The van der Waals surface area contributed by atoms with E-state index in [0.29, 0.717) is 12.8 Å². The molecule has 0 bridgehead atoms. The molecule has 2 aliphatic carbocycles. The molecule has 2 rings (SSSR count). The molecule has 0 heterocycles. The number of hydrogen-bond acceptors (Lipinski definition) is 2. The lowest BCUT2D eigenvalue weighted by atomic mass is 9.73. The molecule has 4 nitrogen and oxygen atoms in total. The van der Waals surface area contributed by atoms with Gasteiger partial charge in [0.15, 0.2) is 0 Å². The Morgan fingerprint density at radius 2 is 1.37 bits per heavy atom. The van der Waals surface area contributed by atoms with Crippen LogP contribution in [0.1, 0.15) is 71.1 Å². The predicted molar refractivity (Wildman–Crippen MR) is 72.8 cm³/mol. The Hall–Kier alpha value is -1.06. The maximum atomic E-state index is 12.5. The van der Waals surface area contributed by atoms with E-state index < -0.39 is 11.5 Å². The van der Waals surface area contributed by atoms with Crippen LogP contribution in [0.2, 0.25) is 0 Å². The van der Waals surface area contributed by atoms with Crippen LogP contribution < -0.4 is 5.32 Å². The van der Waals surface area contributed by atoms with E-state index in [4.69, 9.17) is 0 Å². The van der Waals surface area contributed by atoms with Gasteiger partial charge in [-0.15, -0.1) is 0 Å². The number of rotatable bonds is 3. The molecule has 19 heavy (non-hydrogen) atoms. The molecule has 0 aromatic heterocycles. The maximum Gasteiger partial charge on any atom is 0.329 e. The fourth-order valence-corrected chi connectivity index (χ4v) is 3.48. The van der Waals surface area contributed by atoms with Gasteiger partial charge in [-0.25, -0.2) is 4.79 Å². The zero-order valence-electron chi connectivity index (χ0n) is 11.8. The van der Waals surface area contributed by atoms with E-state index in [1.165, 1.54) is 6.42 Å². The van der Waals surface area contributed by atoms with Crippen molar-refractivity contribution in [3.8, 4) is 0 Å². The number of carboxylic acid groups (broad SMARTS) is 1. The largest absolute Gasteiger partial charge is 0.480 e. The first-order valence-electron chi connectivity index (χ1n) is 7.55. The monoisotopic (exact) mass is 267 g/mol. The molecule has 0 spiro atoms. The van der Waals surface area contributed by atoms with Crippen molar-refractivity contribution in [3.63, 3.8) is 0 Å². The molecule has 2 saturated carbocycles. The summed E-state index contributed by atoms with van der Waals surface area (Å²) in [6, 6.07) is 0. The van der Waals surface area contributed by atoms with Gasteiger partial charge in [-0.3, -0.25) is 4.79 Å². The first-order chi connectivity index (χ1) is 8.99. The van der Waals surface area contributed by atoms with Crippen LogP contribution in [-0.4, -0.2) is 22.5 Å². The van der Waals surface area contributed by atoms with Gasteiger partial charge in [-0.2, -0.15) is 0 Å². The van der Waals surface area contributed by atoms with Crippen molar-refractivity contribution >= 4 is 11.9 Å². The molecule has 2 N–H and O–H groups in total. The minimum absolute atomic E-state index is 0.0449. The van der Waals surface area contributed by atoms with E-state index in [2.05, 4.69) is 5.32 Å². The zero-order valence-corrected chi connectivity index (χ0v) is 11.8. The van der Waals surface area contributed by atoms with Crippen LogP contribution in [0.15, 0.2) is 0 Å². The summed E-state index contributed by atoms with van der Waals surface area (Å²) in [5.74, 6) is -0.906. The molecular weight excluding hydrogens is 242 g/mol. The molecule has 0 unspecified atom stereocenters. The second-order valence-corrected chi connectivity index (χ2v) is 6.52. The first kappa shape index (κ1) is 14.4. The van der Waals surface area contributed by atoms with Crippen molar-refractivity contribution in [2.45, 2.75) is 76.7 Å². The first-order valence-corrected chi connectivity index (χ1v) is 7.55. The third-order valence-electron chi connectivity index (χ3n) is 4.97. The summed E-state index contributed by atoms with van der Waals surface area (Å²) in [7, 11) is 0. The van der Waals surface area contributed by atoms with Crippen LogP contribution in [0, 0.1) is 5.41 Å². The summed E-state index contributed by atoms with van der Waals surface area (Å²) < 4.78 is 0. The Balaban J connectivity index is 2.08. The van der Waals surface area contributed by atoms with Crippen molar-refractivity contribution in [1.82, 2.24) is 5.32 Å². The smallest absolute Gasteiger partial charge is 0.329 e. The topological polar surface area (TPSA) is 66.4 Å². The highest BCUT2D eigenvalue weighted by Crippen LogP contribution is 2.37. The van der Waals surface area contributed by atoms with Crippen molar-refractivity contribution < 1.29 is 14.7 Å². The van der Waals surface area contributed by atoms with Crippen LogP contribution in [0.25, 0.3) is 0 Å². The number of carbonyl (C=O) groups excluding carboxylic acids is 1. The number of carboxylic acids is 1. The maximum absolute atomic E-state index is 12.5. The summed E-state index contributed by atoms with van der Waals surface area (Å²) >= 11 is 0. The Morgan fingerprint density at radius 1 is 0.895 bits per heavy atom. The quantitative estimate of drug-likeness (QED) is 0.826. The Bertz CT molecular complexity index is 352. The summed E-state index contributed by atoms with van der Waals surface area (Å²) in [6.07, 6.45) is 9.10. The number of aliphatic carboxylic acids is 1. The van der Waals surface area contributed by atoms with Crippen LogP contribution in [0.4, 0.5) is 0 Å². The second-order valence-electron chi connectivity index (χ2n) is 6.52. The van der Waals surface area contributed by atoms with Crippen LogP contribution >= 0.6 is 0 Å². The average molecular weight is 267 g/mol. The predicted octanol–water partition coefficient (Wildman–Crippen LogP) is 2.86. The number of nitrogens with one attached hydrogen (secondary N) is 1. The van der Waals surface area contributed by atoms with Crippen LogP contribution in [0.3, 0.4) is 0 Å². The van der Waals surface area contributed by atoms with E-state index in [1.54, 1.807) is 0 Å². The molecule has 0 aromatic carbocycles. The molecule has 2 aliphatic rings. The van der Waals surface area contributed by atoms with Crippen molar-refractivity contribution in [3.05, 3.63) is 0 Å². The Kier molecular flexibility index (Phi) is 4.16. The fourth-order valence-electron chi connectivity index (χ4n) is 3.48. The van der Waals surface area contributed by atoms with E-state index in [-0.39, 0.29) is 11.3 Å². The summed E-state index contributed by atoms with van der Waals surface area (Å²) in [6.45, 7) is 1.99. The molecule has 0 atom stereocenters. The average Bonchev–Trinajstić information content (AvgIpc) is 2.40. The van der Waals surface area contributed by atoms with Gasteiger partial charge in [0, 0.05) is 5.41 Å². The molecule has 0 aliphatic heterocycles. The lowest BCUT2D eigenvalue weighted by molar-refractivity contribution is -0.151. The number of hydrogen-bond donors (Lipinski definition) is 2. The Labute approximate surface area is 115 Å². The van der Waals surface area contributed by atoms with E-state index in [9.17, 15) is 14.7 Å². The van der Waals surface area contributed by atoms with E-state index in [1.807, 2.05) is 6.92 Å². The lowest BCUT2D eigenvalue weighted by Gasteiger charge is -2.39. The van der Waals surface area contributed by atoms with Crippen LogP contribution in [-0.2, 0) is 9.59 Å². The molecule has 0 aromatic rings. The van der Waals surface area contributed by atoms with Crippen molar-refractivity contribution in [2.75, 3.05) is 0 Å². The standard InChI is InChI=1S/C15H25NO3/c1-14(8-4-2-5-9-14)12(17)16-15(13(18)19)10-6-3-7-11-15/h2-11H2,1H3,(H,16,17)(H,18,19). The van der Waals surface area contributed by atoms with Gasteiger partial charge in [0.05, 0.1) is 0 Å². The molecular formula is C15H25NO3. The van der Waals surface area contributed by atoms with Gasteiger partial charge in [0.1, 0.15) is 5.54 Å². The molecule has 108 valence electrons. The van der Waals surface area contributed by atoms with Gasteiger partial charge >= 0.3 is 5.97 Å². The highest BCUT2D eigenvalue weighted by molar-refractivity contribution is 5.90. The third-order valence-corrected chi connectivity index (χ3v) is 4.97. The molecule has 4 heteroatoms. The summed E-state index contributed by atoms with van der Waals surface area (Å²) in [5, 5.41) is 12.4. The highest BCUT2D eigenvalue weighted by Gasteiger charge is 2.45. The number of amides is 1. The van der Waals surface area contributed by atoms with Gasteiger partial charge in [-0.1, -0.05) is 45.4 Å². The molecule has 0 radical (unpaired) electrons. The summed E-state index contributed by atoms with van der Waals surface area (Å²) in [4.78, 5) is 24.1. The minimum Gasteiger partial charge on any atom is -0.480 e. The van der Waals surface area contributed by atoms with Gasteiger partial charge < -0.3 is 10.4 Å². The van der Waals surface area contributed by atoms with E-state index >= 15 is 0 Å².